The lowest BCUT2D eigenvalue weighted by Gasteiger charge is -2.25. The molecule has 3 nitrogen and oxygen atoms in total. The van der Waals surface area contributed by atoms with Crippen molar-refractivity contribution in [1.82, 2.24) is 5.32 Å². The third-order valence-electron chi connectivity index (χ3n) is 2.46. The lowest BCUT2D eigenvalue weighted by Crippen LogP contribution is -2.36. The fourth-order valence-electron chi connectivity index (χ4n) is 1.44. The first-order chi connectivity index (χ1) is 6.93. The molecule has 0 atom stereocenters. The smallest absolute Gasteiger partial charge is 0.104 e. The first kappa shape index (κ1) is 12.0. The largest absolute Gasteiger partial charge is 0.376 e. The normalized spacial score (nSPS) is 16.9. The highest BCUT2D eigenvalue weighted by Crippen LogP contribution is 2.07. The highest BCUT2D eigenvalue weighted by Gasteiger charge is 2.17. The maximum absolute atomic E-state index is 5.57. The van der Waals surface area contributed by atoms with E-state index < -0.39 is 0 Å². The third-order valence-corrected chi connectivity index (χ3v) is 2.46. The quantitative estimate of drug-likeness (QED) is 0.574. The highest BCUT2D eigenvalue weighted by atomic mass is 16.6. The van der Waals surface area contributed by atoms with Gasteiger partial charge in [-0.1, -0.05) is 19.8 Å². The maximum atomic E-state index is 5.57. The number of hydrogen-bond donors (Lipinski definition) is 1. The summed E-state index contributed by atoms with van der Waals surface area (Å²) in [6, 6.07) is 0. The van der Waals surface area contributed by atoms with Crippen molar-refractivity contribution in [3.05, 3.63) is 0 Å². The second kappa shape index (κ2) is 8.21. The molecule has 1 N–H and O–H groups in total. The molecule has 0 bridgehead atoms. The number of ether oxygens (including phenoxy) is 2. The van der Waals surface area contributed by atoms with Crippen LogP contribution in [0.25, 0.3) is 0 Å². The van der Waals surface area contributed by atoms with Gasteiger partial charge >= 0.3 is 0 Å². The van der Waals surface area contributed by atoms with Crippen LogP contribution < -0.4 is 5.32 Å². The lowest BCUT2D eigenvalue weighted by atomic mass is 10.2. The second-order valence-corrected chi connectivity index (χ2v) is 3.80. The van der Waals surface area contributed by atoms with Crippen molar-refractivity contribution >= 4 is 0 Å². The minimum absolute atomic E-state index is 0.400. The van der Waals surface area contributed by atoms with E-state index in [-0.39, 0.29) is 0 Å². The summed E-state index contributed by atoms with van der Waals surface area (Å²) >= 11 is 0. The molecule has 3 heteroatoms. The van der Waals surface area contributed by atoms with Crippen LogP contribution in [0.1, 0.15) is 32.6 Å². The molecule has 0 aromatic heterocycles. The van der Waals surface area contributed by atoms with Crippen LogP contribution in [0.4, 0.5) is 0 Å². The van der Waals surface area contributed by atoms with Crippen LogP contribution >= 0.6 is 0 Å². The monoisotopic (exact) mass is 201 g/mol. The molecule has 0 spiro atoms. The van der Waals surface area contributed by atoms with Crippen LogP contribution in [-0.2, 0) is 9.47 Å². The Morgan fingerprint density at radius 3 is 2.64 bits per heavy atom. The first-order valence-electron chi connectivity index (χ1n) is 5.83. The van der Waals surface area contributed by atoms with Gasteiger partial charge in [0.2, 0.25) is 0 Å². The Hall–Kier alpha value is -0.120. The molecule has 1 heterocycles. The van der Waals surface area contributed by atoms with E-state index in [1.807, 2.05) is 0 Å². The topological polar surface area (TPSA) is 30.5 Å². The van der Waals surface area contributed by atoms with Crippen molar-refractivity contribution in [3.63, 3.8) is 0 Å². The molecule has 1 rings (SSSR count). The molecule has 1 saturated heterocycles. The molecule has 0 unspecified atom stereocenters. The minimum atomic E-state index is 0.400. The van der Waals surface area contributed by atoms with E-state index in [4.69, 9.17) is 9.47 Å². The van der Waals surface area contributed by atoms with Crippen molar-refractivity contribution in [2.24, 2.45) is 0 Å². The van der Waals surface area contributed by atoms with Crippen LogP contribution in [0.3, 0.4) is 0 Å². The highest BCUT2D eigenvalue weighted by molar-refractivity contribution is 4.63. The van der Waals surface area contributed by atoms with Crippen LogP contribution in [-0.4, -0.2) is 39.0 Å². The molecule has 0 amide bonds. The average molecular weight is 201 g/mol. The molecule has 1 aliphatic heterocycles. The van der Waals surface area contributed by atoms with E-state index in [2.05, 4.69) is 12.2 Å². The van der Waals surface area contributed by atoms with Gasteiger partial charge in [-0.05, 0) is 25.9 Å². The third kappa shape index (κ3) is 5.58. The summed E-state index contributed by atoms with van der Waals surface area (Å²) in [4.78, 5) is 0. The Morgan fingerprint density at radius 1 is 1.21 bits per heavy atom. The van der Waals surface area contributed by atoms with E-state index in [0.717, 1.165) is 32.9 Å². The van der Waals surface area contributed by atoms with Crippen molar-refractivity contribution in [3.8, 4) is 0 Å². The summed E-state index contributed by atoms with van der Waals surface area (Å²) in [7, 11) is 0. The van der Waals surface area contributed by atoms with Gasteiger partial charge in [-0.2, -0.15) is 0 Å². The summed E-state index contributed by atoms with van der Waals surface area (Å²) in [5.41, 5.74) is 0. The fraction of sp³-hybridized carbons (Fsp3) is 1.00. The summed E-state index contributed by atoms with van der Waals surface area (Å²) in [6.07, 6.45) is 5.50. The summed E-state index contributed by atoms with van der Waals surface area (Å²) in [5, 5.41) is 3.33. The van der Waals surface area contributed by atoms with Gasteiger partial charge in [-0.25, -0.2) is 0 Å². The zero-order chi connectivity index (χ0) is 10.1. The lowest BCUT2D eigenvalue weighted by molar-refractivity contribution is -0.129. The van der Waals surface area contributed by atoms with Crippen molar-refractivity contribution in [2.75, 3.05) is 32.9 Å². The summed E-state index contributed by atoms with van der Waals surface area (Å²) in [6.45, 7) is 6.92. The molecule has 84 valence electrons. The SMILES string of the molecule is CCNCCCCCCOC1COC1. The van der Waals surface area contributed by atoms with E-state index in [9.17, 15) is 0 Å². The van der Waals surface area contributed by atoms with E-state index in [1.165, 1.54) is 25.7 Å². The first-order valence-corrected chi connectivity index (χ1v) is 5.83. The summed E-state index contributed by atoms with van der Waals surface area (Å²) in [5.74, 6) is 0. The Bertz CT molecular complexity index is 126. The Balaban J connectivity index is 1.67. The van der Waals surface area contributed by atoms with Crippen LogP contribution in [0.5, 0.6) is 0 Å². The molecule has 0 aromatic carbocycles. The van der Waals surface area contributed by atoms with Gasteiger partial charge in [0.05, 0.1) is 13.2 Å². The standard InChI is InChI=1S/C11H23NO2/c1-2-12-7-5-3-4-6-8-14-11-9-13-10-11/h11-12H,2-10H2,1H3. The van der Waals surface area contributed by atoms with Crippen LogP contribution in [0.2, 0.25) is 0 Å². The van der Waals surface area contributed by atoms with Crippen molar-refractivity contribution < 1.29 is 9.47 Å². The molecule has 1 aliphatic rings. The molecular weight excluding hydrogens is 178 g/mol. The second-order valence-electron chi connectivity index (χ2n) is 3.80. The van der Waals surface area contributed by atoms with Gasteiger partial charge in [0, 0.05) is 6.61 Å². The molecule has 0 radical (unpaired) electrons. The van der Waals surface area contributed by atoms with Gasteiger partial charge < -0.3 is 14.8 Å². The average Bonchev–Trinajstić information content (AvgIpc) is 2.13. The molecule has 14 heavy (non-hydrogen) atoms. The predicted octanol–water partition coefficient (Wildman–Crippen LogP) is 1.57. The molecule has 1 fully saturated rings. The van der Waals surface area contributed by atoms with Gasteiger partial charge in [0.25, 0.3) is 0 Å². The fourth-order valence-corrected chi connectivity index (χ4v) is 1.44. The Labute approximate surface area is 87.2 Å². The molecule has 0 saturated carbocycles. The summed E-state index contributed by atoms with van der Waals surface area (Å²) < 4.78 is 10.6. The number of rotatable bonds is 9. The molecular formula is C11H23NO2. The zero-order valence-electron chi connectivity index (χ0n) is 9.26. The van der Waals surface area contributed by atoms with E-state index in [0.29, 0.717) is 6.10 Å². The Morgan fingerprint density at radius 2 is 2.00 bits per heavy atom. The number of nitrogens with one attached hydrogen (secondary N) is 1. The maximum Gasteiger partial charge on any atom is 0.104 e. The van der Waals surface area contributed by atoms with Gasteiger partial charge in [0.15, 0.2) is 0 Å². The van der Waals surface area contributed by atoms with Crippen molar-refractivity contribution in [1.29, 1.82) is 0 Å². The predicted molar refractivity (Wildman–Crippen MR) is 57.6 cm³/mol. The number of unbranched alkanes of at least 4 members (excludes halogenated alkanes) is 3. The zero-order valence-corrected chi connectivity index (χ0v) is 9.26. The van der Waals surface area contributed by atoms with Crippen molar-refractivity contribution in [2.45, 2.75) is 38.7 Å². The van der Waals surface area contributed by atoms with E-state index >= 15 is 0 Å². The van der Waals surface area contributed by atoms with Gasteiger partial charge in [-0.15, -0.1) is 0 Å². The van der Waals surface area contributed by atoms with E-state index in [1.54, 1.807) is 0 Å². The van der Waals surface area contributed by atoms with Crippen LogP contribution in [0.15, 0.2) is 0 Å². The van der Waals surface area contributed by atoms with Gasteiger partial charge in [-0.3, -0.25) is 0 Å². The van der Waals surface area contributed by atoms with Crippen LogP contribution in [0, 0.1) is 0 Å². The molecule has 0 aromatic rings. The number of hydrogen-bond acceptors (Lipinski definition) is 3. The van der Waals surface area contributed by atoms with Gasteiger partial charge in [0.1, 0.15) is 6.10 Å². The minimum Gasteiger partial charge on any atom is -0.376 e. The molecule has 0 aliphatic carbocycles. The Kier molecular flexibility index (Phi) is 7.01.